The molecule has 4 heteroatoms. The topological polar surface area (TPSA) is 25.8 Å². The Balaban J connectivity index is 2.70. The minimum atomic E-state index is 0.299. The Morgan fingerprint density at radius 3 is 2.73 bits per heavy atom. The van der Waals surface area contributed by atoms with Crippen molar-refractivity contribution >= 4 is 34.1 Å². The van der Waals surface area contributed by atoms with Gasteiger partial charge in [-0.1, -0.05) is 24.9 Å². The van der Waals surface area contributed by atoms with E-state index in [0.29, 0.717) is 10.3 Å². The number of rotatable bonds is 2. The molecule has 0 N–H and O–H groups in total. The molecule has 0 aliphatic heterocycles. The third-order valence-electron chi connectivity index (χ3n) is 2.20. The van der Waals surface area contributed by atoms with Crippen LogP contribution in [0.25, 0.3) is 10.9 Å². The van der Waals surface area contributed by atoms with E-state index in [9.17, 15) is 0 Å². The Kier molecular flexibility index (Phi) is 3.08. The molecule has 0 saturated heterocycles. The van der Waals surface area contributed by atoms with Gasteiger partial charge in [0.05, 0.1) is 11.2 Å². The van der Waals surface area contributed by atoms with Gasteiger partial charge in [0.1, 0.15) is 0 Å². The van der Waals surface area contributed by atoms with Gasteiger partial charge in [-0.05, 0) is 36.2 Å². The van der Waals surface area contributed by atoms with Crippen molar-refractivity contribution in [3.63, 3.8) is 0 Å². The summed E-state index contributed by atoms with van der Waals surface area (Å²) < 4.78 is 0. The molecule has 2 aromatic rings. The fourth-order valence-corrected chi connectivity index (χ4v) is 1.93. The molecule has 2 rings (SSSR count). The maximum atomic E-state index is 5.94. The normalized spacial score (nSPS) is 10.9. The summed E-state index contributed by atoms with van der Waals surface area (Å²) >= 11 is 11.8. The van der Waals surface area contributed by atoms with Crippen LogP contribution in [0.3, 0.4) is 0 Å². The first-order valence-corrected chi connectivity index (χ1v) is 5.58. The third kappa shape index (κ3) is 2.21. The largest absolute Gasteiger partial charge is 0.223 e. The van der Waals surface area contributed by atoms with Crippen LogP contribution in [0.1, 0.15) is 19.0 Å². The average Bonchev–Trinajstić information content (AvgIpc) is 2.19. The number of halogens is 2. The van der Waals surface area contributed by atoms with E-state index in [0.717, 1.165) is 29.4 Å². The van der Waals surface area contributed by atoms with E-state index in [2.05, 4.69) is 16.9 Å². The molecule has 0 fully saturated rings. The molecule has 0 amide bonds. The predicted octanol–water partition coefficient (Wildman–Crippen LogP) is 3.89. The van der Waals surface area contributed by atoms with E-state index in [1.54, 1.807) is 0 Å². The fourth-order valence-electron chi connectivity index (χ4n) is 1.56. The van der Waals surface area contributed by atoms with Crippen molar-refractivity contribution in [2.45, 2.75) is 19.8 Å². The molecule has 0 unspecified atom stereocenters. The molecule has 1 heterocycles. The van der Waals surface area contributed by atoms with Gasteiger partial charge in [-0.2, -0.15) is 0 Å². The van der Waals surface area contributed by atoms with Crippen molar-refractivity contribution < 1.29 is 0 Å². The molecule has 0 aliphatic rings. The molecule has 1 aromatic carbocycles. The van der Waals surface area contributed by atoms with Crippen LogP contribution in [0.15, 0.2) is 18.2 Å². The zero-order valence-corrected chi connectivity index (χ0v) is 9.81. The Morgan fingerprint density at radius 2 is 2.00 bits per heavy atom. The SMILES string of the molecule is CCCc1nc(Cl)nc2ccc(Cl)cc12. The highest BCUT2D eigenvalue weighted by Gasteiger charge is 2.06. The van der Waals surface area contributed by atoms with Gasteiger partial charge < -0.3 is 0 Å². The van der Waals surface area contributed by atoms with Crippen molar-refractivity contribution in [3.05, 3.63) is 34.2 Å². The summed E-state index contributed by atoms with van der Waals surface area (Å²) in [5, 5.41) is 1.99. The zero-order valence-electron chi connectivity index (χ0n) is 8.30. The van der Waals surface area contributed by atoms with Crippen LogP contribution in [0.2, 0.25) is 10.3 Å². The van der Waals surface area contributed by atoms with Crippen LogP contribution in [0.4, 0.5) is 0 Å². The molecule has 0 saturated carbocycles. The van der Waals surface area contributed by atoms with Crippen LogP contribution in [0, 0.1) is 0 Å². The van der Waals surface area contributed by atoms with E-state index in [-0.39, 0.29) is 0 Å². The van der Waals surface area contributed by atoms with Crippen molar-refractivity contribution in [1.29, 1.82) is 0 Å². The smallest absolute Gasteiger partial charge is 0.222 e. The van der Waals surface area contributed by atoms with E-state index < -0.39 is 0 Å². The van der Waals surface area contributed by atoms with Gasteiger partial charge in [0.2, 0.25) is 5.28 Å². The lowest BCUT2D eigenvalue weighted by molar-refractivity contribution is 0.887. The maximum Gasteiger partial charge on any atom is 0.223 e. The highest BCUT2D eigenvalue weighted by molar-refractivity contribution is 6.31. The Bertz CT molecular complexity index is 497. The lowest BCUT2D eigenvalue weighted by atomic mass is 10.1. The molecule has 78 valence electrons. The first-order chi connectivity index (χ1) is 7.20. The number of nitrogens with zero attached hydrogens (tertiary/aromatic N) is 2. The van der Waals surface area contributed by atoms with Crippen LogP contribution in [-0.2, 0) is 6.42 Å². The summed E-state index contributed by atoms with van der Waals surface area (Å²) in [5.74, 6) is 0. The molecule has 0 spiro atoms. The molecular formula is C11H10Cl2N2. The van der Waals surface area contributed by atoms with E-state index in [4.69, 9.17) is 23.2 Å². The summed E-state index contributed by atoms with van der Waals surface area (Å²) in [7, 11) is 0. The second-order valence-electron chi connectivity index (χ2n) is 3.35. The van der Waals surface area contributed by atoms with E-state index in [1.165, 1.54) is 0 Å². The second-order valence-corrected chi connectivity index (χ2v) is 4.13. The van der Waals surface area contributed by atoms with Gasteiger partial charge in [-0.3, -0.25) is 0 Å². The van der Waals surface area contributed by atoms with Gasteiger partial charge >= 0.3 is 0 Å². The van der Waals surface area contributed by atoms with Gasteiger partial charge in [0.25, 0.3) is 0 Å². The number of benzene rings is 1. The maximum absolute atomic E-state index is 5.94. The summed E-state index contributed by atoms with van der Waals surface area (Å²) in [4.78, 5) is 8.38. The van der Waals surface area contributed by atoms with Gasteiger partial charge in [-0.25, -0.2) is 9.97 Å². The third-order valence-corrected chi connectivity index (χ3v) is 2.60. The molecular weight excluding hydrogens is 231 g/mol. The fraction of sp³-hybridized carbons (Fsp3) is 0.273. The Hall–Kier alpha value is -0.860. The summed E-state index contributed by atoms with van der Waals surface area (Å²) in [5.41, 5.74) is 1.82. The molecule has 1 aromatic heterocycles. The van der Waals surface area contributed by atoms with Crippen LogP contribution < -0.4 is 0 Å². The van der Waals surface area contributed by atoms with Crippen molar-refractivity contribution in [3.8, 4) is 0 Å². The standard InChI is InChI=1S/C11H10Cl2N2/c1-2-3-9-8-6-7(12)4-5-10(8)15-11(13)14-9/h4-6H,2-3H2,1H3. The highest BCUT2D eigenvalue weighted by Crippen LogP contribution is 2.22. The van der Waals surface area contributed by atoms with Crippen LogP contribution in [0.5, 0.6) is 0 Å². The number of hydrogen-bond acceptors (Lipinski definition) is 2. The van der Waals surface area contributed by atoms with E-state index in [1.807, 2.05) is 18.2 Å². The lowest BCUT2D eigenvalue weighted by Gasteiger charge is -2.04. The first kappa shape index (κ1) is 10.7. The molecule has 0 aliphatic carbocycles. The zero-order chi connectivity index (χ0) is 10.8. The van der Waals surface area contributed by atoms with Crippen LogP contribution in [-0.4, -0.2) is 9.97 Å². The number of hydrogen-bond donors (Lipinski definition) is 0. The molecule has 0 bridgehead atoms. The summed E-state index contributed by atoms with van der Waals surface area (Å²) in [6.07, 6.45) is 1.91. The van der Waals surface area contributed by atoms with Gasteiger partial charge in [-0.15, -0.1) is 0 Å². The number of fused-ring (bicyclic) bond motifs is 1. The minimum Gasteiger partial charge on any atom is -0.222 e. The number of aryl methyl sites for hydroxylation is 1. The van der Waals surface area contributed by atoms with Gasteiger partial charge in [0, 0.05) is 10.4 Å². The minimum absolute atomic E-state index is 0.299. The lowest BCUT2D eigenvalue weighted by Crippen LogP contribution is -1.94. The van der Waals surface area contributed by atoms with Crippen molar-refractivity contribution in [2.75, 3.05) is 0 Å². The average molecular weight is 241 g/mol. The highest BCUT2D eigenvalue weighted by atomic mass is 35.5. The molecule has 2 nitrogen and oxygen atoms in total. The Labute approximate surface area is 98.3 Å². The molecule has 15 heavy (non-hydrogen) atoms. The molecule has 0 radical (unpaired) electrons. The quantitative estimate of drug-likeness (QED) is 0.745. The predicted molar refractivity (Wildman–Crippen MR) is 63.6 cm³/mol. The monoisotopic (exact) mass is 240 g/mol. The summed E-state index contributed by atoms with van der Waals surface area (Å²) in [6.45, 7) is 2.10. The molecule has 0 atom stereocenters. The first-order valence-electron chi connectivity index (χ1n) is 4.82. The van der Waals surface area contributed by atoms with Crippen LogP contribution >= 0.6 is 23.2 Å². The van der Waals surface area contributed by atoms with Gasteiger partial charge in [0.15, 0.2) is 0 Å². The number of aromatic nitrogens is 2. The van der Waals surface area contributed by atoms with E-state index >= 15 is 0 Å². The summed E-state index contributed by atoms with van der Waals surface area (Å²) in [6, 6.07) is 5.56. The van der Waals surface area contributed by atoms with Crippen molar-refractivity contribution in [2.24, 2.45) is 0 Å². The second kappa shape index (κ2) is 4.33. The Morgan fingerprint density at radius 1 is 1.20 bits per heavy atom. The van der Waals surface area contributed by atoms with Crippen molar-refractivity contribution in [1.82, 2.24) is 9.97 Å².